The van der Waals surface area contributed by atoms with E-state index in [1.807, 2.05) is 62.1 Å². The van der Waals surface area contributed by atoms with Gasteiger partial charge >= 0.3 is 0 Å². The molecule has 1 saturated heterocycles. The number of amides is 2. The number of fused-ring (bicyclic) bond motifs is 1. The van der Waals surface area contributed by atoms with E-state index in [1.165, 1.54) is 6.92 Å². The predicted octanol–water partition coefficient (Wildman–Crippen LogP) is 4.80. The molecule has 9 heteroatoms. The van der Waals surface area contributed by atoms with Gasteiger partial charge in [-0.2, -0.15) is 0 Å². The fourth-order valence-corrected chi connectivity index (χ4v) is 5.73. The Morgan fingerprint density at radius 2 is 1.82 bits per heavy atom. The van der Waals surface area contributed by atoms with E-state index in [-0.39, 0.29) is 41.6 Å². The SMILES string of the molecule is CC(=O)Nc1cc(-c2[nH]c3c(c2Nc2ccccc2)C(=O)CC(C(C)C(=O)N2C[C@@H](C)O[C@@H](C)C2)C3)ccn1. The fraction of sp³-hybridized carbons (Fsp3) is 0.400. The number of ether oxygens (including phenoxy) is 1. The van der Waals surface area contributed by atoms with Gasteiger partial charge in [0.05, 0.1) is 29.2 Å². The Labute approximate surface area is 228 Å². The molecule has 4 atom stereocenters. The number of nitrogens with zero attached hydrogens (tertiary/aromatic N) is 2. The second kappa shape index (κ2) is 11.0. The van der Waals surface area contributed by atoms with Crippen molar-refractivity contribution in [1.82, 2.24) is 14.9 Å². The zero-order valence-electron chi connectivity index (χ0n) is 22.8. The minimum atomic E-state index is -0.302. The van der Waals surface area contributed by atoms with Crippen molar-refractivity contribution in [2.24, 2.45) is 11.8 Å². The van der Waals surface area contributed by atoms with E-state index in [1.54, 1.807) is 12.3 Å². The number of aromatic amines is 1. The molecule has 3 aromatic rings. The first-order valence-corrected chi connectivity index (χ1v) is 13.5. The van der Waals surface area contributed by atoms with Crippen LogP contribution in [0, 0.1) is 11.8 Å². The molecule has 5 rings (SSSR count). The third kappa shape index (κ3) is 5.73. The van der Waals surface area contributed by atoms with Crippen LogP contribution < -0.4 is 10.6 Å². The molecule has 0 saturated carbocycles. The van der Waals surface area contributed by atoms with Gasteiger partial charge in [-0.1, -0.05) is 25.1 Å². The Bertz CT molecular complexity index is 1380. The van der Waals surface area contributed by atoms with Crippen LogP contribution in [0.15, 0.2) is 48.7 Å². The van der Waals surface area contributed by atoms with Gasteiger partial charge in [-0.15, -0.1) is 0 Å². The third-order valence-electron chi connectivity index (χ3n) is 7.49. The van der Waals surface area contributed by atoms with Gasteiger partial charge in [-0.05, 0) is 50.5 Å². The number of morpholine rings is 1. The van der Waals surface area contributed by atoms with E-state index >= 15 is 0 Å². The molecule has 2 amide bonds. The van der Waals surface area contributed by atoms with E-state index in [2.05, 4.69) is 20.6 Å². The molecule has 9 nitrogen and oxygen atoms in total. The molecule has 2 unspecified atom stereocenters. The van der Waals surface area contributed by atoms with Gasteiger partial charge in [0.15, 0.2) is 5.78 Å². The number of para-hydroxylation sites is 1. The highest BCUT2D eigenvalue weighted by Crippen LogP contribution is 2.42. The molecule has 3 heterocycles. The second-order valence-electron chi connectivity index (χ2n) is 10.7. The lowest BCUT2D eigenvalue weighted by Gasteiger charge is -2.38. The highest BCUT2D eigenvalue weighted by molar-refractivity contribution is 6.08. The number of nitrogens with one attached hydrogen (secondary N) is 3. The molecule has 0 radical (unpaired) electrons. The van der Waals surface area contributed by atoms with Crippen molar-refractivity contribution in [3.8, 4) is 11.3 Å². The number of hydrogen-bond acceptors (Lipinski definition) is 6. The van der Waals surface area contributed by atoms with Crippen LogP contribution in [0.25, 0.3) is 11.3 Å². The lowest BCUT2D eigenvalue weighted by atomic mass is 9.78. The summed E-state index contributed by atoms with van der Waals surface area (Å²) >= 11 is 0. The maximum Gasteiger partial charge on any atom is 0.225 e. The summed E-state index contributed by atoms with van der Waals surface area (Å²) in [4.78, 5) is 48.4. The van der Waals surface area contributed by atoms with Crippen molar-refractivity contribution in [1.29, 1.82) is 0 Å². The summed E-state index contributed by atoms with van der Waals surface area (Å²) in [6.07, 6.45) is 2.48. The number of benzene rings is 1. The number of rotatable bonds is 6. The van der Waals surface area contributed by atoms with E-state index in [4.69, 9.17) is 4.74 Å². The molecule has 1 fully saturated rings. The number of hydrogen-bond donors (Lipinski definition) is 3. The highest BCUT2D eigenvalue weighted by Gasteiger charge is 2.38. The minimum absolute atomic E-state index is 0.00156. The molecule has 1 aliphatic heterocycles. The minimum Gasteiger partial charge on any atom is -0.372 e. The fourth-order valence-electron chi connectivity index (χ4n) is 5.73. The zero-order valence-corrected chi connectivity index (χ0v) is 22.8. The Hall–Kier alpha value is -3.98. The van der Waals surface area contributed by atoms with Crippen molar-refractivity contribution in [3.05, 3.63) is 59.9 Å². The molecule has 0 bridgehead atoms. The van der Waals surface area contributed by atoms with Crippen LogP contribution in [0.5, 0.6) is 0 Å². The molecule has 204 valence electrons. The topological polar surface area (TPSA) is 116 Å². The maximum atomic E-state index is 13.7. The molecule has 2 aliphatic rings. The summed E-state index contributed by atoms with van der Waals surface area (Å²) < 4.78 is 5.80. The van der Waals surface area contributed by atoms with Crippen LogP contribution in [0.4, 0.5) is 17.2 Å². The molecule has 1 aliphatic carbocycles. The van der Waals surface area contributed by atoms with Gasteiger partial charge in [0.2, 0.25) is 11.8 Å². The van der Waals surface area contributed by atoms with Gasteiger partial charge in [0.25, 0.3) is 0 Å². The van der Waals surface area contributed by atoms with E-state index < -0.39 is 0 Å². The molecule has 1 aromatic carbocycles. The van der Waals surface area contributed by atoms with Crippen LogP contribution in [-0.2, 0) is 20.7 Å². The van der Waals surface area contributed by atoms with Crippen LogP contribution in [0.1, 0.15) is 50.2 Å². The summed E-state index contributed by atoms with van der Waals surface area (Å²) in [5.74, 6) is -0.133. The van der Waals surface area contributed by atoms with Crippen molar-refractivity contribution >= 4 is 34.8 Å². The van der Waals surface area contributed by atoms with Crippen LogP contribution in [-0.4, -0.2) is 57.8 Å². The van der Waals surface area contributed by atoms with Crippen molar-refractivity contribution < 1.29 is 19.1 Å². The number of ketones is 1. The Morgan fingerprint density at radius 3 is 2.51 bits per heavy atom. The standard InChI is InChI=1S/C30H35N5O4/c1-17-15-35(16-18(2)39-17)30(38)19(3)22-12-24-27(25(37)13-22)29(33-23-8-6-5-7-9-23)28(34-24)21-10-11-31-26(14-21)32-20(4)36/h5-11,14,17-19,22,33-34H,12-13,15-16H2,1-4H3,(H,31,32,36)/t17-,18+,19?,22?. The number of H-pyrrole nitrogens is 1. The maximum absolute atomic E-state index is 13.7. The van der Waals surface area contributed by atoms with Crippen LogP contribution in [0.3, 0.4) is 0 Å². The van der Waals surface area contributed by atoms with Gasteiger partial charge in [-0.25, -0.2) is 4.98 Å². The first kappa shape index (κ1) is 26.6. The number of pyridine rings is 1. The van der Waals surface area contributed by atoms with E-state index in [0.717, 1.165) is 22.6 Å². The monoisotopic (exact) mass is 529 g/mol. The number of carbonyl (C=O) groups is 3. The predicted molar refractivity (Wildman–Crippen MR) is 150 cm³/mol. The van der Waals surface area contributed by atoms with Gasteiger partial charge in [0, 0.05) is 55.5 Å². The van der Waals surface area contributed by atoms with Gasteiger partial charge in [-0.3, -0.25) is 14.4 Å². The summed E-state index contributed by atoms with van der Waals surface area (Å²) in [5.41, 5.74) is 4.50. The van der Waals surface area contributed by atoms with Gasteiger partial charge in [0.1, 0.15) is 5.82 Å². The molecule has 3 N–H and O–H groups in total. The summed E-state index contributed by atoms with van der Waals surface area (Å²) in [6.45, 7) is 8.46. The Kier molecular flexibility index (Phi) is 7.52. The lowest BCUT2D eigenvalue weighted by molar-refractivity contribution is -0.148. The van der Waals surface area contributed by atoms with E-state index in [0.29, 0.717) is 43.0 Å². The zero-order chi connectivity index (χ0) is 27.7. The van der Waals surface area contributed by atoms with Crippen LogP contribution >= 0.6 is 0 Å². The first-order chi connectivity index (χ1) is 18.7. The second-order valence-corrected chi connectivity index (χ2v) is 10.7. The molecular weight excluding hydrogens is 494 g/mol. The third-order valence-corrected chi connectivity index (χ3v) is 7.49. The molecule has 0 spiro atoms. The molecular formula is C30H35N5O4. The Morgan fingerprint density at radius 1 is 1.10 bits per heavy atom. The molecule has 2 aromatic heterocycles. The smallest absolute Gasteiger partial charge is 0.225 e. The van der Waals surface area contributed by atoms with E-state index in [9.17, 15) is 14.4 Å². The summed E-state index contributed by atoms with van der Waals surface area (Å²) in [6, 6.07) is 13.3. The molecule has 39 heavy (non-hydrogen) atoms. The van der Waals surface area contributed by atoms with Crippen molar-refractivity contribution in [2.75, 3.05) is 23.7 Å². The normalized spacial score (nSPS) is 21.7. The summed E-state index contributed by atoms with van der Waals surface area (Å²) in [5, 5.41) is 6.17. The Balaban J connectivity index is 1.48. The number of aromatic nitrogens is 2. The average Bonchev–Trinajstić information content (AvgIpc) is 3.26. The quantitative estimate of drug-likeness (QED) is 0.423. The average molecular weight is 530 g/mol. The first-order valence-electron chi connectivity index (χ1n) is 13.5. The number of carbonyl (C=O) groups excluding carboxylic acids is 3. The summed E-state index contributed by atoms with van der Waals surface area (Å²) in [7, 11) is 0. The van der Waals surface area contributed by atoms with Gasteiger partial charge < -0.3 is 25.3 Å². The number of Topliss-reactive ketones (excluding diaryl/α,β-unsaturated/α-hetero) is 1. The number of anilines is 3. The lowest BCUT2D eigenvalue weighted by Crippen LogP contribution is -2.51. The van der Waals surface area contributed by atoms with Crippen molar-refractivity contribution in [2.45, 2.75) is 52.7 Å². The largest absolute Gasteiger partial charge is 0.372 e. The van der Waals surface area contributed by atoms with Crippen molar-refractivity contribution in [3.63, 3.8) is 0 Å². The van der Waals surface area contributed by atoms with Crippen LogP contribution in [0.2, 0.25) is 0 Å². The highest BCUT2D eigenvalue weighted by atomic mass is 16.5.